The number of nitrogen functional groups attached to an aromatic ring is 1. The first-order valence-corrected chi connectivity index (χ1v) is 10.1. The van der Waals surface area contributed by atoms with Crippen LogP contribution < -0.4 is 10.5 Å². The first kappa shape index (κ1) is 18.9. The van der Waals surface area contributed by atoms with Crippen LogP contribution in [0, 0.1) is 11.3 Å². The minimum absolute atomic E-state index is 0.0145. The predicted octanol–water partition coefficient (Wildman–Crippen LogP) is -0.0989. The van der Waals surface area contributed by atoms with E-state index in [4.69, 9.17) is 24.5 Å². The smallest absolute Gasteiger partial charge is 0.476 e. The molecule has 2 aromatic heterocycles. The molecule has 0 spiro atoms. The van der Waals surface area contributed by atoms with E-state index in [1.54, 1.807) is 6.92 Å². The third-order valence-electron chi connectivity index (χ3n) is 4.75. The molecule has 12 nitrogen and oxygen atoms in total. The van der Waals surface area contributed by atoms with Crippen LogP contribution in [0.25, 0.3) is 11.2 Å². The Kier molecular flexibility index (Phi) is 4.45. The number of anilines is 1. The number of rotatable bonds is 6. The van der Waals surface area contributed by atoms with Gasteiger partial charge in [-0.15, -0.1) is 4.52 Å². The Morgan fingerprint density at radius 3 is 3.04 bits per heavy atom. The SMILES string of the molecule is CCOc1nc(N)nc2c1ncn2[C@]1(C#N)O[C@@]2(CO[P+](C)=O)CO[C@@H]1[C@@H]2O. The normalized spacial score (nSPS) is 31.9. The Morgan fingerprint density at radius 2 is 2.36 bits per heavy atom. The second-order valence-corrected chi connectivity index (χ2v) is 7.61. The molecule has 4 heterocycles. The van der Waals surface area contributed by atoms with Crippen molar-refractivity contribution in [3.63, 3.8) is 0 Å². The van der Waals surface area contributed by atoms with Gasteiger partial charge in [-0.05, 0) is 11.5 Å². The maximum Gasteiger partial charge on any atom is 0.504 e. The molecule has 5 atom stereocenters. The van der Waals surface area contributed by atoms with E-state index in [1.165, 1.54) is 17.6 Å². The molecule has 28 heavy (non-hydrogen) atoms. The quantitative estimate of drug-likeness (QED) is 0.611. The highest BCUT2D eigenvalue weighted by Gasteiger charge is 2.71. The Labute approximate surface area is 160 Å². The van der Waals surface area contributed by atoms with Crippen LogP contribution >= 0.6 is 8.03 Å². The molecule has 3 N–H and O–H groups in total. The van der Waals surface area contributed by atoms with Gasteiger partial charge in [-0.2, -0.15) is 15.2 Å². The average Bonchev–Trinajstić information content (AvgIpc) is 3.29. The molecule has 0 aromatic carbocycles. The van der Waals surface area contributed by atoms with Gasteiger partial charge < -0.3 is 25.1 Å². The van der Waals surface area contributed by atoms with E-state index in [2.05, 4.69) is 21.0 Å². The van der Waals surface area contributed by atoms with Gasteiger partial charge >= 0.3 is 8.03 Å². The van der Waals surface area contributed by atoms with Gasteiger partial charge in [0.25, 0.3) is 5.72 Å². The zero-order chi connectivity index (χ0) is 20.1. The molecule has 2 saturated heterocycles. The van der Waals surface area contributed by atoms with Crippen LogP contribution in [0.4, 0.5) is 5.95 Å². The first-order valence-electron chi connectivity index (χ1n) is 8.45. The molecule has 0 amide bonds. The molecule has 13 heteroatoms. The summed E-state index contributed by atoms with van der Waals surface area (Å²) in [6.45, 7) is 3.28. The van der Waals surface area contributed by atoms with Crippen LogP contribution in [0.1, 0.15) is 6.92 Å². The van der Waals surface area contributed by atoms with Gasteiger partial charge in [-0.3, -0.25) is 4.57 Å². The van der Waals surface area contributed by atoms with Crippen LogP contribution in [-0.2, 0) is 24.3 Å². The third-order valence-corrected chi connectivity index (χ3v) is 5.24. The van der Waals surface area contributed by atoms with Gasteiger partial charge in [-0.1, -0.05) is 0 Å². The number of hydrogen-bond acceptors (Lipinski definition) is 11. The molecule has 2 bridgehead atoms. The van der Waals surface area contributed by atoms with Crippen molar-refractivity contribution in [3.05, 3.63) is 6.33 Å². The Balaban J connectivity index is 1.82. The fourth-order valence-corrected chi connectivity index (χ4v) is 3.92. The van der Waals surface area contributed by atoms with Crippen LogP contribution in [0.5, 0.6) is 5.88 Å². The summed E-state index contributed by atoms with van der Waals surface area (Å²) in [5.74, 6) is 0.0962. The number of ether oxygens (including phenoxy) is 3. The highest BCUT2D eigenvalue weighted by Crippen LogP contribution is 2.50. The largest absolute Gasteiger partial charge is 0.504 e. The molecule has 0 saturated carbocycles. The summed E-state index contributed by atoms with van der Waals surface area (Å²) in [7, 11) is -1.93. The van der Waals surface area contributed by atoms with Crippen molar-refractivity contribution in [2.45, 2.75) is 30.5 Å². The molecular formula is C15H18N6O6P+. The van der Waals surface area contributed by atoms with E-state index in [1.807, 2.05) is 0 Å². The first-order chi connectivity index (χ1) is 13.4. The highest BCUT2D eigenvalue weighted by molar-refractivity contribution is 7.38. The zero-order valence-corrected chi connectivity index (χ0v) is 16.0. The molecule has 148 valence electrons. The van der Waals surface area contributed by atoms with Gasteiger partial charge in [0, 0.05) is 0 Å². The highest BCUT2D eigenvalue weighted by atomic mass is 31.1. The van der Waals surface area contributed by atoms with Crippen molar-refractivity contribution in [3.8, 4) is 11.9 Å². The monoisotopic (exact) mass is 409 g/mol. The topological polar surface area (TPSA) is 168 Å². The number of nitrogens with zero attached hydrogens (tertiary/aromatic N) is 5. The fraction of sp³-hybridized carbons (Fsp3) is 0.600. The number of hydrogen-bond donors (Lipinski definition) is 2. The summed E-state index contributed by atoms with van der Waals surface area (Å²) in [6, 6.07) is 2.06. The fourth-order valence-electron chi connectivity index (χ4n) is 3.52. The van der Waals surface area contributed by atoms with Gasteiger partial charge in [0.05, 0.1) is 13.2 Å². The molecule has 4 rings (SSSR count). The van der Waals surface area contributed by atoms with E-state index in [0.717, 1.165) is 0 Å². The molecule has 2 fully saturated rings. The summed E-state index contributed by atoms with van der Waals surface area (Å²) in [4.78, 5) is 12.4. The number of aromatic nitrogens is 4. The summed E-state index contributed by atoms with van der Waals surface area (Å²) < 4.78 is 35.0. The summed E-state index contributed by atoms with van der Waals surface area (Å²) in [5.41, 5.74) is 3.13. The lowest BCUT2D eigenvalue weighted by atomic mass is 9.98. The van der Waals surface area contributed by atoms with Crippen LogP contribution in [0.3, 0.4) is 0 Å². The molecule has 2 aliphatic heterocycles. The van der Waals surface area contributed by atoms with Crippen molar-refractivity contribution in [1.82, 2.24) is 19.5 Å². The van der Waals surface area contributed by atoms with Gasteiger partial charge in [0.2, 0.25) is 11.8 Å². The molecule has 2 aromatic rings. The molecule has 0 aliphatic carbocycles. The Bertz CT molecular complexity index is 993. The number of nitrogens with two attached hydrogens (primary N) is 1. The van der Waals surface area contributed by atoms with E-state index >= 15 is 0 Å². The summed E-state index contributed by atoms with van der Waals surface area (Å²) in [6.07, 6.45) is -0.902. The number of fused-ring (bicyclic) bond motifs is 3. The standard InChI is InChI=1S/C15H18N6O6P/c1-3-24-12-8-11(19-13(17)20-12)21(7-18-8)15(4-16)10-9(22)14(27-15,5-25-10)6-26-28(2)23/h7,9-10,22H,3,5-6H2,1-2H3,(H2,17,19,20)/q+1/t9-,10+,14+,15+/m0/s1. The number of aliphatic hydroxyl groups excluding tert-OH is 1. The van der Waals surface area contributed by atoms with E-state index in [9.17, 15) is 14.9 Å². The molecule has 2 aliphatic rings. The second-order valence-electron chi connectivity index (χ2n) is 6.47. The number of nitriles is 1. The van der Waals surface area contributed by atoms with Crippen molar-refractivity contribution >= 4 is 25.1 Å². The van der Waals surface area contributed by atoms with Crippen LogP contribution in [0.15, 0.2) is 6.33 Å². The average molecular weight is 409 g/mol. The van der Waals surface area contributed by atoms with Gasteiger partial charge in [-0.25, -0.2) is 4.98 Å². The maximum absolute atomic E-state index is 11.4. The van der Waals surface area contributed by atoms with Gasteiger partial charge in [0.15, 0.2) is 23.4 Å². The van der Waals surface area contributed by atoms with Crippen molar-refractivity contribution in [1.29, 1.82) is 5.26 Å². The van der Waals surface area contributed by atoms with Crippen LogP contribution in [-0.4, -0.2) is 68.9 Å². The predicted molar refractivity (Wildman–Crippen MR) is 93.5 cm³/mol. The zero-order valence-electron chi connectivity index (χ0n) is 15.1. The number of imidazole rings is 1. The van der Waals surface area contributed by atoms with Crippen molar-refractivity contribution < 1.29 is 28.4 Å². The summed E-state index contributed by atoms with van der Waals surface area (Å²) >= 11 is 0. The lowest BCUT2D eigenvalue weighted by molar-refractivity contribution is -0.219. The van der Waals surface area contributed by atoms with Crippen LogP contribution in [0.2, 0.25) is 0 Å². The number of aliphatic hydroxyl groups is 1. The Morgan fingerprint density at radius 1 is 1.57 bits per heavy atom. The van der Waals surface area contributed by atoms with Gasteiger partial charge in [0.1, 0.15) is 31.2 Å². The second kappa shape index (κ2) is 6.58. The minimum atomic E-state index is -1.93. The third kappa shape index (κ3) is 2.56. The molecule has 1 unspecified atom stereocenters. The van der Waals surface area contributed by atoms with E-state index < -0.39 is 31.6 Å². The van der Waals surface area contributed by atoms with Crippen molar-refractivity contribution in [2.24, 2.45) is 0 Å². The molecule has 0 radical (unpaired) electrons. The lowest BCUT2D eigenvalue weighted by Gasteiger charge is -2.34. The molecular weight excluding hydrogens is 391 g/mol. The van der Waals surface area contributed by atoms with E-state index in [-0.39, 0.29) is 36.2 Å². The summed E-state index contributed by atoms with van der Waals surface area (Å²) in [5, 5.41) is 20.7. The minimum Gasteiger partial charge on any atom is -0.476 e. The lowest BCUT2D eigenvalue weighted by Crippen LogP contribution is -2.50. The maximum atomic E-state index is 11.4. The van der Waals surface area contributed by atoms with E-state index in [0.29, 0.717) is 6.61 Å². The van der Waals surface area contributed by atoms with Crippen molar-refractivity contribution in [2.75, 3.05) is 32.2 Å². The Hall–Kier alpha value is -2.42.